The summed E-state index contributed by atoms with van der Waals surface area (Å²) < 4.78 is 27.3. The van der Waals surface area contributed by atoms with Crippen LogP contribution < -0.4 is 0 Å². The Morgan fingerprint density at radius 3 is 2.81 bits per heavy atom. The van der Waals surface area contributed by atoms with Crippen LogP contribution in [0.2, 0.25) is 0 Å². The van der Waals surface area contributed by atoms with E-state index in [9.17, 15) is 13.6 Å². The Hall–Kier alpha value is -2.28. The molecule has 1 saturated carbocycles. The number of nitrogens with zero attached hydrogens (tertiary/aromatic N) is 2. The minimum Gasteiger partial charge on any atom is -0.390 e. The van der Waals surface area contributed by atoms with Crippen molar-refractivity contribution >= 4 is 23.0 Å². The fourth-order valence-electron chi connectivity index (χ4n) is 3.36. The van der Waals surface area contributed by atoms with Gasteiger partial charge in [-0.25, -0.2) is 8.78 Å². The first kappa shape index (κ1) is 18.1. The number of rotatable bonds is 6. The zero-order chi connectivity index (χ0) is 18.8. The summed E-state index contributed by atoms with van der Waals surface area (Å²) in [5.41, 5.74) is 1.18. The topological polar surface area (TPSA) is 41.9 Å². The molecule has 0 saturated heterocycles. The quantitative estimate of drug-likeness (QED) is 0.736. The SMILES string of the molecule is O=C(C1CCC1)N(Cc1ccc(F)cc1F)C[C@H]1CC(c2cccs2)=NO1. The van der Waals surface area contributed by atoms with Crippen molar-refractivity contribution in [1.82, 2.24) is 4.90 Å². The summed E-state index contributed by atoms with van der Waals surface area (Å²) in [5, 5.41) is 6.13. The maximum absolute atomic E-state index is 14.1. The van der Waals surface area contributed by atoms with E-state index in [0.29, 0.717) is 18.5 Å². The van der Waals surface area contributed by atoms with Crippen molar-refractivity contribution in [3.05, 3.63) is 57.8 Å². The minimum atomic E-state index is -0.635. The number of halogens is 2. The molecule has 0 bridgehead atoms. The minimum absolute atomic E-state index is 0.00685. The molecule has 2 aliphatic rings. The van der Waals surface area contributed by atoms with Crippen LogP contribution >= 0.6 is 11.3 Å². The molecule has 2 aromatic rings. The summed E-state index contributed by atoms with van der Waals surface area (Å²) in [4.78, 5) is 21.1. The first-order chi connectivity index (χ1) is 13.1. The van der Waals surface area contributed by atoms with Gasteiger partial charge >= 0.3 is 0 Å². The van der Waals surface area contributed by atoms with E-state index in [4.69, 9.17) is 4.84 Å². The molecule has 1 aliphatic carbocycles. The second kappa shape index (κ2) is 7.76. The van der Waals surface area contributed by atoms with Crippen LogP contribution in [0.25, 0.3) is 0 Å². The van der Waals surface area contributed by atoms with E-state index in [-0.39, 0.29) is 24.5 Å². The smallest absolute Gasteiger partial charge is 0.226 e. The van der Waals surface area contributed by atoms with Crippen LogP contribution in [0.4, 0.5) is 8.78 Å². The first-order valence-corrected chi connectivity index (χ1v) is 9.97. The second-order valence-electron chi connectivity index (χ2n) is 7.03. The lowest BCUT2D eigenvalue weighted by atomic mass is 9.84. The molecule has 1 fully saturated rings. The number of hydrogen-bond acceptors (Lipinski definition) is 4. The van der Waals surface area contributed by atoms with E-state index in [0.717, 1.165) is 35.9 Å². The Kier molecular flexibility index (Phi) is 5.20. The third kappa shape index (κ3) is 4.03. The molecule has 4 nitrogen and oxygen atoms in total. The van der Waals surface area contributed by atoms with Crippen LogP contribution in [0, 0.1) is 17.6 Å². The highest BCUT2D eigenvalue weighted by molar-refractivity contribution is 7.12. The van der Waals surface area contributed by atoms with Gasteiger partial charge in [0.2, 0.25) is 5.91 Å². The van der Waals surface area contributed by atoms with Gasteiger partial charge in [0.15, 0.2) is 6.10 Å². The Bertz CT molecular complexity index is 850. The first-order valence-electron chi connectivity index (χ1n) is 9.09. The molecule has 1 aromatic carbocycles. The van der Waals surface area contributed by atoms with E-state index in [1.165, 1.54) is 12.1 Å². The van der Waals surface area contributed by atoms with E-state index >= 15 is 0 Å². The van der Waals surface area contributed by atoms with Crippen LogP contribution in [0.5, 0.6) is 0 Å². The van der Waals surface area contributed by atoms with Crippen LogP contribution in [0.3, 0.4) is 0 Å². The molecule has 142 valence electrons. The van der Waals surface area contributed by atoms with Crippen molar-refractivity contribution in [2.24, 2.45) is 11.1 Å². The largest absolute Gasteiger partial charge is 0.390 e. The van der Waals surface area contributed by atoms with Crippen molar-refractivity contribution in [2.75, 3.05) is 6.54 Å². The van der Waals surface area contributed by atoms with Gasteiger partial charge in [-0.2, -0.15) is 0 Å². The maximum atomic E-state index is 14.1. The van der Waals surface area contributed by atoms with Gasteiger partial charge in [0, 0.05) is 30.5 Å². The highest BCUT2D eigenvalue weighted by Gasteiger charge is 2.33. The van der Waals surface area contributed by atoms with Crippen molar-refractivity contribution in [1.29, 1.82) is 0 Å². The molecular formula is C20H20F2N2O2S. The van der Waals surface area contributed by atoms with E-state index in [1.807, 2.05) is 17.5 Å². The Morgan fingerprint density at radius 1 is 1.30 bits per heavy atom. The van der Waals surface area contributed by atoms with Crippen molar-refractivity contribution in [3.8, 4) is 0 Å². The fourth-order valence-corrected chi connectivity index (χ4v) is 4.08. The molecule has 0 spiro atoms. The van der Waals surface area contributed by atoms with Crippen molar-refractivity contribution in [3.63, 3.8) is 0 Å². The third-order valence-corrected chi connectivity index (χ3v) is 6.02. The maximum Gasteiger partial charge on any atom is 0.226 e. The van der Waals surface area contributed by atoms with E-state index in [2.05, 4.69) is 5.16 Å². The van der Waals surface area contributed by atoms with Crippen LogP contribution in [0.15, 0.2) is 40.9 Å². The monoisotopic (exact) mass is 390 g/mol. The molecule has 1 aromatic heterocycles. The average Bonchev–Trinajstić information content (AvgIpc) is 3.26. The van der Waals surface area contributed by atoms with Crippen LogP contribution in [-0.4, -0.2) is 29.2 Å². The van der Waals surface area contributed by atoms with Crippen LogP contribution in [0.1, 0.15) is 36.1 Å². The van der Waals surface area contributed by atoms with Gasteiger partial charge in [-0.05, 0) is 30.4 Å². The molecule has 0 radical (unpaired) electrons. The van der Waals surface area contributed by atoms with Gasteiger partial charge < -0.3 is 9.74 Å². The molecule has 4 rings (SSSR count). The predicted octanol–water partition coefficient (Wildman–Crippen LogP) is 4.35. The molecule has 2 heterocycles. The molecule has 1 atom stereocenters. The second-order valence-corrected chi connectivity index (χ2v) is 7.98. The number of hydrogen-bond donors (Lipinski definition) is 0. The third-order valence-electron chi connectivity index (χ3n) is 5.11. The normalized spacial score (nSPS) is 19.3. The Labute approximate surface area is 160 Å². The molecule has 7 heteroatoms. The lowest BCUT2D eigenvalue weighted by Gasteiger charge is -2.32. The number of carbonyl (C=O) groups is 1. The number of thiophene rings is 1. The zero-order valence-corrected chi connectivity index (χ0v) is 15.6. The molecule has 1 aliphatic heterocycles. The van der Waals surface area contributed by atoms with Crippen LogP contribution in [-0.2, 0) is 16.2 Å². The van der Waals surface area contributed by atoms with E-state index < -0.39 is 11.6 Å². The summed E-state index contributed by atoms with van der Waals surface area (Å²) in [6.07, 6.45) is 3.13. The number of oxime groups is 1. The van der Waals surface area contributed by atoms with Gasteiger partial charge in [-0.3, -0.25) is 4.79 Å². The molecule has 27 heavy (non-hydrogen) atoms. The summed E-state index contributed by atoms with van der Waals surface area (Å²) in [5.74, 6) is -1.25. The van der Waals surface area contributed by atoms with E-state index in [1.54, 1.807) is 16.2 Å². The fraction of sp³-hybridized carbons (Fsp3) is 0.400. The summed E-state index contributed by atoms with van der Waals surface area (Å²) in [7, 11) is 0. The Morgan fingerprint density at radius 2 is 2.15 bits per heavy atom. The predicted molar refractivity (Wildman–Crippen MR) is 99.5 cm³/mol. The number of carbonyl (C=O) groups excluding carboxylic acids is 1. The molecule has 0 N–H and O–H groups in total. The average molecular weight is 390 g/mol. The Balaban J connectivity index is 1.46. The van der Waals surface area contributed by atoms with Gasteiger partial charge in [-0.15, -0.1) is 11.3 Å². The van der Waals surface area contributed by atoms with Crippen molar-refractivity contribution in [2.45, 2.75) is 38.3 Å². The summed E-state index contributed by atoms with van der Waals surface area (Å²) in [6, 6.07) is 7.41. The molecule has 1 amide bonds. The van der Waals surface area contributed by atoms with Gasteiger partial charge in [0.25, 0.3) is 0 Å². The number of benzene rings is 1. The lowest BCUT2D eigenvalue weighted by Crippen LogP contribution is -2.42. The lowest BCUT2D eigenvalue weighted by molar-refractivity contribution is -0.140. The van der Waals surface area contributed by atoms with Gasteiger partial charge in [-0.1, -0.05) is 23.7 Å². The zero-order valence-electron chi connectivity index (χ0n) is 14.7. The van der Waals surface area contributed by atoms with Gasteiger partial charge in [0.05, 0.1) is 11.4 Å². The molecular weight excluding hydrogens is 370 g/mol. The molecule has 0 unspecified atom stereocenters. The summed E-state index contributed by atoms with van der Waals surface area (Å²) in [6.45, 7) is 0.445. The summed E-state index contributed by atoms with van der Waals surface area (Å²) >= 11 is 1.59. The van der Waals surface area contributed by atoms with Gasteiger partial charge in [0.1, 0.15) is 17.3 Å². The number of amides is 1. The van der Waals surface area contributed by atoms with Crippen molar-refractivity contribution < 1.29 is 18.4 Å². The standard InChI is InChI=1S/C20H20F2N2O2S/c21-15-7-6-14(17(22)9-15)11-24(20(25)13-3-1-4-13)12-16-10-18(23-26-16)19-5-2-8-27-19/h2,5-9,13,16H,1,3-4,10-12H2/t16-/m1/s1. The highest BCUT2D eigenvalue weighted by atomic mass is 32.1. The highest BCUT2D eigenvalue weighted by Crippen LogP contribution is 2.30.